The largest absolute Gasteiger partial charge is 0.511 e. The van der Waals surface area contributed by atoms with Crippen LogP contribution in [0.5, 0.6) is 5.75 Å². The minimum absolute atomic E-state index is 0.333. The fourth-order valence-corrected chi connectivity index (χ4v) is 2.47. The van der Waals surface area contributed by atoms with Gasteiger partial charge in [-0.1, -0.05) is 72.8 Å². The van der Waals surface area contributed by atoms with Gasteiger partial charge >= 0.3 is 6.16 Å². The van der Waals surface area contributed by atoms with E-state index < -0.39 is 6.16 Å². The molecule has 0 bridgehead atoms. The van der Waals surface area contributed by atoms with Gasteiger partial charge in [0.25, 0.3) is 0 Å². The van der Waals surface area contributed by atoms with Crippen molar-refractivity contribution in [2.45, 2.75) is 0 Å². The van der Waals surface area contributed by atoms with Crippen molar-refractivity contribution in [2.75, 3.05) is 0 Å². The monoisotopic (exact) mass is 290 g/mol. The van der Waals surface area contributed by atoms with Crippen molar-refractivity contribution < 1.29 is 14.6 Å². The van der Waals surface area contributed by atoms with Crippen LogP contribution in [0.4, 0.5) is 4.79 Å². The summed E-state index contributed by atoms with van der Waals surface area (Å²) < 4.78 is 4.98. The highest BCUT2D eigenvalue weighted by Gasteiger charge is 2.15. The van der Waals surface area contributed by atoms with Gasteiger partial charge in [-0.15, -0.1) is 0 Å². The van der Waals surface area contributed by atoms with Gasteiger partial charge in [0, 0.05) is 5.56 Å². The average molecular weight is 290 g/mol. The summed E-state index contributed by atoms with van der Waals surface area (Å²) in [5.41, 5.74) is 3.64. The van der Waals surface area contributed by atoms with E-state index in [1.54, 1.807) is 12.1 Å². The predicted molar refractivity (Wildman–Crippen MR) is 86.0 cm³/mol. The van der Waals surface area contributed by atoms with Crippen LogP contribution in [-0.4, -0.2) is 11.3 Å². The molecule has 3 heteroatoms. The summed E-state index contributed by atoms with van der Waals surface area (Å²) in [7, 11) is 0. The first-order valence-corrected chi connectivity index (χ1v) is 6.90. The highest BCUT2D eigenvalue weighted by molar-refractivity contribution is 5.88. The van der Waals surface area contributed by atoms with E-state index in [9.17, 15) is 4.79 Å². The maximum absolute atomic E-state index is 11.0. The Morgan fingerprint density at radius 2 is 1.32 bits per heavy atom. The standard InChI is InChI=1S/C19H14O3/c20-19(21)22-17-13-7-12-16(14-8-3-1-4-9-14)18(17)15-10-5-2-6-11-15/h1-13H,(H,20,21). The zero-order chi connectivity index (χ0) is 15.4. The van der Waals surface area contributed by atoms with E-state index >= 15 is 0 Å². The summed E-state index contributed by atoms with van der Waals surface area (Å²) >= 11 is 0. The van der Waals surface area contributed by atoms with Gasteiger partial charge in [0.1, 0.15) is 5.75 Å². The molecule has 0 aromatic heterocycles. The summed E-state index contributed by atoms with van der Waals surface area (Å²) in [6, 6.07) is 24.9. The number of carbonyl (C=O) groups is 1. The third-order valence-corrected chi connectivity index (χ3v) is 3.37. The van der Waals surface area contributed by atoms with Gasteiger partial charge in [-0.3, -0.25) is 0 Å². The molecule has 3 nitrogen and oxygen atoms in total. The molecule has 108 valence electrons. The van der Waals surface area contributed by atoms with E-state index in [4.69, 9.17) is 9.84 Å². The number of hydrogen-bond donors (Lipinski definition) is 1. The average Bonchev–Trinajstić information content (AvgIpc) is 2.56. The molecule has 0 unspecified atom stereocenters. The number of carboxylic acid groups (broad SMARTS) is 1. The minimum atomic E-state index is -1.32. The molecule has 1 N–H and O–H groups in total. The topological polar surface area (TPSA) is 46.5 Å². The number of rotatable bonds is 3. The lowest BCUT2D eigenvalue weighted by molar-refractivity contribution is 0.144. The first-order chi connectivity index (χ1) is 10.8. The minimum Gasteiger partial charge on any atom is -0.449 e. The SMILES string of the molecule is O=C(O)Oc1cccc(-c2ccccc2)c1-c1ccccc1. The third-order valence-electron chi connectivity index (χ3n) is 3.37. The van der Waals surface area contributed by atoms with Gasteiger partial charge in [0.05, 0.1) is 0 Å². The van der Waals surface area contributed by atoms with Crippen LogP contribution in [-0.2, 0) is 0 Å². The third kappa shape index (κ3) is 2.83. The zero-order valence-electron chi connectivity index (χ0n) is 11.8. The number of ether oxygens (including phenoxy) is 1. The molecule has 3 aromatic rings. The van der Waals surface area contributed by atoms with E-state index in [1.165, 1.54) is 0 Å². The quantitative estimate of drug-likeness (QED) is 0.540. The van der Waals surface area contributed by atoms with Crippen molar-refractivity contribution in [3.05, 3.63) is 78.9 Å². The van der Waals surface area contributed by atoms with Crippen LogP contribution in [0.15, 0.2) is 78.9 Å². The second kappa shape index (κ2) is 6.14. The lowest BCUT2D eigenvalue weighted by Gasteiger charge is -2.14. The van der Waals surface area contributed by atoms with Crippen molar-refractivity contribution in [3.8, 4) is 28.0 Å². The Hall–Kier alpha value is -3.07. The molecular formula is C19H14O3. The van der Waals surface area contributed by atoms with Crippen LogP contribution in [0.25, 0.3) is 22.3 Å². The molecule has 0 amide bonds. The molecule has 0 aliphatic carbocycles. The Morgan fingerprint density at radius 3 is 1.91 bits per heavy atom. The summed E-state index contributed by atoms with van der Waals surface area (Å²) in [4.78, 5) is 11.0. The molecule has 22 heavy (non-hydrogen) atoms. The molecule has 0 spiro atoms. The number of hydrogen-bond acceptors (Lipinski definition) is 2. The lowest BCUT2D eigenvalue weighted by Crippen LogP contribution is -2.04. The molecule has 3 rings (SSSR count). The molecular weight excluding hydrogens is 276 g/mol. The summed E-state index contributed by atoms with van der Waals surface area (Å²) in [6.45, 7) is 0. The van der Waals surface area contributed by atoms with Gasteiger partial charge in [-0.05, 0) is 22.8 Å². The predicted octanol–water partition coefficient (Wildman–Crippen LogP) is 5.08. The molecule has 0 saturated heterocycles. The summed E-state index contributed by atoms with van der Waals surface area (Å²) in [5.74, 6) is 0.333. The van der Waals surface area contributed by atoms with Gasteiger partial charge in [-0.25, -0.2) is 4.79 Å². The van der Waals surface area contributed by atoms with Crippen molar-refractivity contribution >= 4 is 6.16 Å². The molecule has 0 heterocycles. The molecule has 0 aliphatic rings. The lowest BCUT2D eigenvalue weighted by atomic mass is 9.94. The fraction of sp³-hybridized carbons (Fsp3) is 0. The molecule has 0 fully saturated rings. The van der Waals surface area contributed by atoms with Gasteiger partial charge in [0.15, 0.2) is 0 Å². The van der Waals surface area contributed by atoms with Crippen molar-refractivity contribution in [2.24, 2.45) is 0 Å². The van der Waals surface area contributed by atoms with Crippen LogP contribution in [0.3, 0.4) is 0 Å². The van der Waals surface area contributed by atoms with Crippen LogP contribution >= 0.6 is 0 Å². The van der Waals surface area contributed by atoms with Crippen molar-refractivity contribution in [1.82, 2.24) is 0 Å². The van der Waals surface area contributed by atoms with Crippen LogP contribution < -0.4 is 4.74 Å². The van der Waals surface area contributed by atoms with E-state index in [-0.39, 0.29) is 0 Å². The van der Waals surface area contributed by atoms with E-state index in [0.29, 0.717) is 5.75 Å². The van der Waals surface area contributed by atoms with E-state index in [0.717, 1.165) is 22.3 Å². The zero-order valence-corrected chi connectivity index (χ0v) is 11.8. The Bertz CT molecular complexity index is 780. The maximum Gasteiger partial charge on any atom is 0.511 e. The van der Waals surface area contributed by atoms with E-state index in [1.807, 2.05) is 66.7 Å². The van der Waals surface area contributed by atoms with Gasteiger partial charge < -0.3 is 9.84 Å². The highest BCUT2D eigenvalue weighted by atomic mass is 16.7. The Kier molecular flexibility index (Phi) is 3.88. The van der Waals surface area contributed by atoms with Crippen LogP contribution in [0, 0.1) is 0 Å². The molecule has 3 aromatic carbocycles. The molecule has 0 aliphatic heterocycles. The Morgan fingerprint density at radius 1 is 0.727 bits per heavy atom. The number of benzene rings is 3. The fourth-order valence-electron chi connectivity index (χ4n) is 2.47. The normalized spacial score (nSPS) is 10.2. The van der Waals surface area contributed by atoms with Crippen LogP contribution in [0.2, 0.25) is 0 Å². The second-order valence-corrected chi connectivity index (χ2v) is 4.78. The maximum atomic E-state index is 11.0. The first kappa shape index (κ1) is 13.9. The van der Waals surface area contributed by atoms with Crippen molar-refractivity contribution in [1.29, 1.82) is 0 Å². The van der Waals surface area contributed by atoms with E-state index in [2.05, 4.69) is 0 Å². The van der Waals surface area contributed by atoms with Gasteiger partial charge in [-0.2, -0.15) is 0 Å². The Labute approximate surface area is 128 Å². The van der Waals surface area contributed by atoms with Gasteiger partial charge in [0.2, 0.25) is 0 Å². The summed E-state index contributed by atoms with van der Waals surface area (Å²) in [6.07, 6.45) is -1.32. The van der Waals surface area contributed by atoms with Crippen LogP contribution in [0.1, 0.15) is 0 Å². The molecule has 0 saturated carbocycles. The van der Waals surface area contributed by atoms with Crippen molar-refractivity contribution in [3.63, 3.8) is 0 Å². The smallest absolute Gasteiger partial charge is 0.449 e. The Balaban J connectivity index is 2.24. The second-order valence-electron chi connectivity index (χ2n) is 4.78. The molecule has 0 radical (unpaired) electrons. The summed E-state index contributed by atoms with van der Waals surface area (Å²) in [5, 5.41) is 8.98. The molecule has 0 atom stereocenters. The highest BCUT2D eigenvalue weighted by Crippen LogP contribution is 2.39. The first-order valence-electron chi connectivity index (χ1n) is 6.90.